The monoisotopic (exact) mass is 931 g/mol. The number of carbonyl (C=O) groups excluding carboxylic acids is 3. The summed E-state index contributed by atoms with van der Waals surface area (Å²) in [6, 6.07) is 30.7. The van der Waals surface area contributed by atoms with Crippen molar-refractivity contribution in [3.63, 3.8) is 0 Å². The molecule has 0 atom stereocenters. The van der Waals surface area contributed by atoms with Gasteiger partial charge >= 0.3 is 17.9 Å². The van der Waals surface area contributed by atoms with Crippen molar-refractivity contribution in [2.75, 3.05) is 19.8 Å². The molecule has 0 spiro atoms. The van der Waals surface area contributed by atoms with Gasteiger partial charge in [0.25, 0.3) is 0 Å². The molecule has 9 heterocycles. The molecule has 0 fully saturated rings. The Kier molecular flexibility index (Phi) is 11.0. The van der Waals surface area contributed by atoms with Gasteiger partial charge in [-0.1, -0.05) is 0 Å². The molecule has 3 aliphatic heterocycles. The van der Waals surface area contributed by atoms with Crippen LogP contribution in [0.3, 0.4) is 0 Å². The van der Waals surface area contributed by atoms with Crippen molar-refractivity contribution in [1.29, 1.82) is 0 Å². The Morgan fingerprint density at radius 1 is 0.319 bits per heavy atom. The van der Waals surface area contributed by atoms with Gasteiger partial charge < -0.3 is 44.1 Å². The summed E-state index contributed by atoms with van der Waals surface area (Å²) in [5.74, 6) is -1.92. The Hall–Kier alpha value is -6.69. The molecule has 6 aromatic heterocycles. The van der Waals surface area contributed by atoms with Gasteiger partial charge in [-0.3, -0.25) is 0 Å². The van der Waals surface area contributed by atoms with Crippen LogP contribution in [0.4, 0.5) is 0 Å². The van der Waals surface area contributed by atoms with Gasteiger partial charge in [0, 0.05) is 101 Å². The predicted molar refractivity (Wildman–Crippen MR) is 265 cm³/mol. The van der Waals surface area contributed by atoms with Gasteiger partial charge in [0.1, 0.15) is 0 Å². The topological polar surface area (TPSA) is 174 Å². The Bertz CT molecular complexity index is 2610. The van der Waals surface area contributed by atoms with Gasteiger partial charge in [-0.2, -0.15) is 0 Å². The van der Waals surface area contributed by atoms with Crippen LogP contribution in [-0.4, -0.2) is 67.6 Å². The number of nitrogens with one attached hydrogen (secondary N) is 6. The molecule has 3 aliphatic rings. The van der Waals surface area contributed by atoms with E-state index in [1.165, 1.54) is 18.2 Å². The number of fused-ring (bicyclic) bond motifs is 33. The minimum atomic E-state index is -0.640. The number of aromatic amines is 6. The smallest absolute Gasteiger partial charge is 0.338 e. The third-order valence-corrected chi connectivity index (χ3v) is 16.5. The van der Waals surface area contributed by atoms with E-state index < -0.39 is 50.4 Å². The fourth-order valence-corrected chi connectivity index (χ4v) is 11.2. The quantitative estimate of drug-likeness (QED) is 0.0652. The van der Waals surface area contributed by atoms with E-state index >= 15 is 0 Å². The van der Waals surface area contributed by atoms with Crippen LogP contribution in [0.5, 0.6) is 0 Å². The molecular weight excluding hydrogens is 865 g/mol. The maximum Gasteiger partial charge on any atom is 0.338 e. The van der Waals surface area contributed by atoms with E-state index in [1.54, 1.807) is 0 Å². The van der Waals surface area contributed by atoms with E-state index in [2.05, 4.69) is 165 Å². The highest BCUT2D eigenvalue weighted by atomic mass is 16.5. The molecule has 0 unspecified atom stereocenters. The second kappa shape index (κ2) is 16.5. The molecule has 6 N–H and O–H groups in total. The molecule has 1 aromatic carbocycles. The molecule has 12 nitrogen and oxygen atoms in total. The molecular formula is C57H66N6O6. The second-order valence-corrected chi connectivity index (χ2v) is 22.1. The Morgan fingerprint density at radius 2 is 0.507 bits per heavy atom. The van der Waals surface area contributed by atoms with E-state index in [0.29, 0.717) is 38.5 Å². The van der Waals surface area contributed by atoms with E-state index in [0.717, 1.165) is 68.3 Å². The van der Waals surface area contributed by atoms with Crippen LogP contribution in [0, 0.1) is 0 Å². The number of esters is 3. The summed E-state index contributed by atoms with van der Waals surface area (Å²) in [6.07, 6.45) is 3.41. The fourth-order valence-electron chi connectivity index (χ4n) is 11.2. The Morgan fingerprint density at radius 3 is 0.710 bits per heavy atom. The number of ether oxygens (including phenoxy) is 3. The molecule has 7 aromatic rings. The Labute approximate surface area is 404 Å². The number of H-pyrrole nitrogens is 6. The van der Waals surface area contributed by atoms with Crippen molar-refractivity contribution >= 4 is 17.9 Å². The van der Waals surface area contributed by atoms with Crippen molar-refractivity contribution in [3.05, 3.63) is 176 Å². The highest BCUT2D eigenvalue weighted by Gasteiger charge is 2.41. The Balaban J connectivity index is 1.22. The molecule has 18 bridgehead atoms. The summed E-state index contributed by atoms with van der Waals surface area (Å²) in [6.45, 7) is 20.5. The maximum absolute atomic E-state index is 14.0. The molecule has 0 saturated heterocycles. The zero-order chi connectivity index (χ0) is 48.7. The number of hydrogen-bond acceptors (Lipinski definition) is 6. The molecule has 69 heavy (non-hydrogen) atoms. The summed E-state index contributed by atoms with van der Waals surface area (Å²) >= 11 is 0. The van der Waals surface area contributed by atoms with Crippen LogP contribution in [0.25, 0.3) is 0 Å². The van der Waals surface area contributed by atoms with E-state index in [-0.39, 0.29) is 36.5 Å². The first kappa shape index (κ1) is 46.1. The van der Waals surface area contributed by atoms with Gasteiger partial charge in [-0.25, -0.2) is 14.4 Å². The summed E-state index contributed by atoms with van der Waals surface area (Å²) in [5.41, 5.74) is 9.67. The lowest BCUT2D eigenvalue weighted by Gasteiger charge is -2.31. The lowest BCUT2D eigenvalue weighted by atomic mass is 9.79. The van der Waals surface area contributed by atoms with Crippen molar-refractivity contribution in [1.82, 2.24) is 29.9 Å². The molecule has 360 valence electrons. The van der Waals surface area contributed by atoms with Gasteiger partial charge in [0.15, 0.2) is 0 Å². The summed E-state index contributed by atoms with van der Waals surface area (Å²) in [4.78, 5) is 65.3. The molecule has 0 radical (unpaired) electrons. The van der Waals surface area contributed by atoms with Crippen LogP contribution < -0.4 is 0 Å². The molecule has 0 saturated carbocycles. The first-order valence-corrected chi connectivity index (χ1v) is 24.6. The highest BCUT2D eigenvalue weighted by molar-refractivity contribution is 6.00. The molecule has 12 heteroatoms. The lowest BCUT2D eigenvalue weighted by molar-refractivity contribution is 0.0489. The maximum atomic E-state index is 14.0. The summed E-state index contributed by atoms with van der Waals surface area (Å²) < 4.78 is 17.9. The molecule has 0 amide bonds. The van der Waals surface area contributed by atoms with Gasteiger partial charge in [0.05, 0.1) is 36.5 Å². The van der Waals surface area contributed by atoms with Crippen LogP contribution in [0.1, 0.15) is 200 Å². The summed E-state index contributed by atoms with van der Waals surface area (Å²) in [5, 5.41) is 0. The minimum Gasteiger partial charge on any atom is -0.462 e. The first-order valence-electron chi connectivity index (χ1n) is 24.6. The zero-order valence-electron chi connectivity index (χ0n) is 41.5. The predicted octanol–water partition coefficient (Wildman–Crippen LogP) is 11.4. The molecule has 10 rings (SSSR count). The van der Waals surface area contributed by atoms with Crippen molar-refractivity contribution < 1.29 is 28.6 Å². The highest BCUT2D eigenvalue weighted by Crippen LogP contribution is 2.45. The second-order valence-electron chi connectivity index (χ2n) is 22.1. The van der Waals surface area contributed by atoms with Gasteiger partial charge in [0.2, 0.25) is 0 Å². The third-order valence-electron chi connectivity index (χ3n) is 16.5. The normalized spacial score (nSPS) is 24.7. The van der Waals surface area contributed by atoms with E-state index in [9.17, 15) is 14.4 Å². The van der Waals surface area contributed by atoms with Gasteiger partial charge in [-0.05, 0) is 192 Å². The number of benzene rings is 1. The van der Waals surface area contributed by atoms with Crippen LogP contribution in [0.15, 0.2) is 91.0 Å². The van der Waals surface area contributed by atoms with Crippen molar-refractivity contribution in [2.24, 2.45) is 0 Å². The first-order chi connectivity index (χ1) is 32.7. The zero-order valence-corrected chi connectivity index (χ0v) is 41.5. The number of rotatable bonds is 0. The standard InChI is InChI=1S/C57H66N6O6/c1-52(2)37-13-19-43(58-37)55(7)25-10-28-67-49(64)34-31-35-33-36(32-34)51(66)69-30-12-27-57(9,47-23-17-41(62-47)53(3,4)39-15-21-45(55)60-39)48-24-18-42(63-48)54(5,6)40-16-22-46(61-40)56(8,26-11-29-68-50(35)65)44-20-14-38(52)59-44/h13-24,31-33,58-63H,10-12,25-30H2,1-9H3. The largest absolute Gasteiger partial charge is 0.462 e. The van der Waals surface area contributed by atoms with E-state index in [4.69, 9.17) is 14.2 Å². The van der Waals surface area contributed by atoms with Crippen LogP contribution >= 0.6 is 0 Å². The number of hydrogen-bond donors (Lipinski definition) is 6. The summed E-state index contributed by atoms with van der Waals surface area (Å²) in [7, 11) is 0. The number of carbonyl (C=O) groups is 3. The minimum absolute atomic E-state index is 0.0728. The lowest BCUT2D eigenvalue weighted by Crippen LogP contribution is -2.29. The van der Waals surface area contributed by atoms with Crippen molar-refractivity contribution in [3.8, 4) is 0 Å². The van der Waals surface area contributed by atoms with E-state index in [1.807, 2.05) is 0 Å². The van der Waals surface area contributed by atoms with Crippen molar-refractivity contribution in [2.45, 2.75) is 133 Å². The third kappa shape index (κ3) is 7.70. The average Bonchev–Trinajstić information content (AvgIpc) is 4.18. The fraction of sp³-hybridized carbons (Fsp3) is 0.421. The number of aromatic nitrogens is 6. The molecule has 0 aliphatic carbocycles. The van der Waals surface area contributed by atoms with Crippen LogP contribution in [0.2, 0.25) is 0 Å². The van der Waals surface area contributed by atoms with Gasteiger partial charge in [-0.15, -0.1) is 0 Å². The van der Waals surface area contributed by atoms with Crippen LogP contribution in [-0.2, 0) is 46.7 Å². The SMILES string of the molecule is CC1(C)c2ccc([nH]2)C2(C)CCCOC(=O)c3cc4cc(c3)C(=O)OCCCC(C)(c3ccc([nH]3)C(C)(C)c3ccc2[nH]3)c2ccc([nH]2)C(C)(C)c2ccc([nH]2)C(C)(CCCOC4=O)c2ccc1[nH]2. The average molecular weight is 931 g/mol.